The third-order valence-corrected chi connectivity index (χ3v) is 5.69. The van der Waals surface area contributed by atoms with E-state index in [4.69, 9.17) is 9.15 Å². The molecule has 146 valence electrons. The summed E-state index contributed by atoms with van der Waals surface area (Å²) in [4.78, 5) is 12.3. The summed E-state index contributed by atoms with van der Waals surface area (Å²) in [6.45, 7) is 5.20. The van der Waals surface area contributed by atoms with E-state index in [0.29, 0.717) is 23.6 Å². The third kappa shape index (κ3) is 5.73. The fraction of sp³-hybridized carbons (Fsp3) is 0.550. The number of thioether (sulfide) groups is 1. The minimum Gasteiger partial charge on any atom is -0.494 e. The number of amides is 1. The van der Waals surface area contributed by atoms with Crippen LogP contribution in [0.5, 0.6) is 5.75 Å². The molecule has 1 atom stereocenters. The molecule has 1 heterocycles. The number of hydrogen-bond donors (Lipinski definition) is 1. The summed E-state index contributed by atoms with van der Waals surface area (Å²) in [5.74, 6) is 1.88. The number of aromatic nitrogens is 2. The highest BCUT2D eigenvalue weighted by atomic mass is 32.2. The van der Waals surface area contributed by atoms with Crippen LogP contribution in [-0.4, -0.2) is 34.5 Å². The maximum absolute atomic E-state index is 12.3. The second-order valence-electron chi connectivity index (χ2n) is 6.84. The van der Waals surface area contributed by atoms with E-state index in [1.165, 1.54) is 43.9 Å². The number of nitrogens with zero attached hydrogens (tertiary/aromatic N) is 2. The van der Waals surface area contributed by atoms with E-state index < -0.39 is 0 Å². The molecule has 1 saturated carbocycles. The molecule has 7 heteroatoms. The van der Waals surface area contributed by atoms with Crippen molar-refractivity contribution in [1.29, 1.82) is 0 Å². The number of hydrogen-bond acceptors (Lipinski definition) is 6. The van der Waals surface area contributed by atoms with E-state index in [0.717, 1.165) is 17.9 Å². The zero-order valence-electron chi connectivity index (χ0n) is 15.9. The molecule has 0 saturated heterocycles. The quantitative estimate of drug-likeness (QED) is 0.678. The molecule has 1 aliphatic rings. The van der Waals surface area contributed by atoms with Crippen LogP contribution in [-0.2, 0) is 4.79 Å². The Morgan fingerprint density at radius 2 is 2.00 bits per heavy atom. The van der Waals surface area contributed by atoms with Gasteiger partial charge in [-0.25, -0.2) is 0 Å². The Labute approximate surface area is 164 Å². The molecule has 0 bridgehead atoms. The number of ether oxygens (including phenoxy) is 1. The first-order chi connectivity index (χ1) is 13.2. The average molecular weight is 390 g/mol. The van der Waals surface area contributed by atoms with Gasteiger partial charge in [-0.3, -0.25) is 4.79 Å². The van der Waals surface area contributed by atoms with E-state index in [1.54, 1.807) is 0 Å². The van der Waals surface area contributed by atoms with Crippen molar-refractivity contribution in [3.63, 3.8) is 0 Å². The molecule has 6 nitrogen and oxygen atoms in total. The van der Waals surface area contributed by atoms with Gasteiger partial charge in [0.05, 0.1) is 11.9 Å². The lowest BCUT2D eigenvalue weighted by Crippen LogP contribution is -2.35. The fourth-order valence-electron chi connectivity index (χ4n) is 3.22. The Bertz CT molecular complexity index is 726. The lowest BCUT2D eigenvalue weighted by molar-refractivity contribution is -0.120. The topological polar surface area (TPSA) is 77.2 Å². The zero-order chi connectivity index (χ0) is 19.1. The Hall–Kier alpha value is -2.02. The number of benzene rings is 1. The predicted molar refractivity (Wildman–Crippen MR) is 106 cm³/mol. The maximum Gasteiger partial charge on any atom is 0.277 e. The molecule has 0 radical (unpaired) electrons. The first kappa shape index (κ1) is 19.7. The molecule has 1 aromatic heterocycles. The molecule has 1 N–H and O–H groups in total. The van der Waals surface area contributed by atoms with Crippen LogP contribution in [0.4, 0.5) is 0 Å². The summed E-state index contributed by atoms with van der Waals surface area (Å²) in [5, 5.41) is 11.3. The smallest absolute Gasteiger partial charge is 0.277 e. The standard InChI is InChI=1S/C20H27N3O3S/c1-3-25-17-11-9-16(10-12-17)19-22-23-20(26-19)27-14(2)18(24)21-13-15-7-5-4-6-8-15/h9-12,14-15H,3-8,13H2,1-2H3,(H,21,24)/t14-/m0/s1. The van der Waals surface area contributed by atoms with Crippen molar-refractivity contribution >= 4 is 17.7 Å². The predicted octanol–water partition coefficient (Wildman–Crippen LogP) is 4.31. The van der Waals surface area contributed by atoms with Gasteiger partial charge in [0.25, 0.3) is 5.22 Å². The lowest BCUT2D eigenvalue weighted by atomic mass is 9.89. The number of nitrogens with one attached hydrogen (secondary N) is 1. The van der Waals surface area contributed by atoms with E-state index in [1.807, 2.05) is 38.1 Å². The first-order valence-corrected chi connectivity index (χ1v) is 10.5. The van der Waals surface area contributed by atoms with E-state index in [2.05, 4.69) is 15.5 Å². The van der Waals surface area contributed by atoms with Crippen molar-refractivity contribution in [3.8, 4) is 17.2 Å². The Morgan fingerprint density at radius 3 is 2.70 bits per heavy atom. The summed E-state index contributed by atoms with van der Waals surface area (Å²) >= 11 is 1.29. The molecule has 1 fully saturated rings. The molecular weight excluding hydrogens is 362 g/mol. The summed E-state index contributed by atoms with van der Waals surface area (Å²) in [5.41, 5.74) is 0.826. The highest BCUT2D eigenvalue weighted by Gasteiger charge is 2.20. The Morgan fingerprint density at radius 1 is 1.26 bits per heavy atom. The van der Waals surface area contributed by atoms with Crippen LogP contribution in [0, 0.1) is 5.92 Å². The van der Waals surface area contributed by atoms with Gasteiger partial charge in [0, 0.05) is 12.1 Å². The van der Waals surface area contributed by atoms with Gasteiger partial charge in [-0.05, 0) is 56.9 Å². The van der Waals surface area contributed by atoms with Crippen LogP contribution in [0.1, 0.15) is 46.0 Å². The molecule has 1 aromatic carbocycles. The average Bonchev–Trinajstić information content (AvgIpc) is 3.16. The van der Waals surface area contributed by atoms with Gasteiger partial charge < -0.3 is 14.5 Å². The van der Waals surface area contributed by atoms with Gasteiger partial charge in [0.15, 0.2) is 0 Å². The van der Waals surface area contributed by atoms with Crippen LogP contribution in [0.2, 0.25) is 0 Å². The van der Waals surface area contributed by atoms with Crippen molar-refractivity contribution in [2.45, 2.75) is 56.4 Å². The highest BCUT2D eigenvalue weighted by Crippen LogP contribution is 2.27. The molecular formula is C20H27N3O3S. The van der Waals surface area contributed by atoms with Crippen molar-refractivity contribution < 1.29 is 13.9 Å². The van der Waals surface area contributed by atoms with Gasteiger partial charge >= 0.3 is 0 Å². The molecule has 2 aromatic rings. The van der Waals surface area contributed by atoms with Gasteiger partial charge in [-0.2, -0.15) is 0 Å². The Balaban J connectivity index is 1.50. The molecule has 0 aliphatic heterocycles. The number of carbonyl (C=O) groups is 1. The van der Waals surface area contributed by atoms with Crippen LogP contribution in [0.3, 0.4) is 0 Å². The van der Waals surface area contributed by atoms with Crippen LogP contribution < -0.4 is 10.1 Å². The monoisotopic (exact) mass is 389 g/mol. The van der Waals surface area contributed by atoms with Crippen molar-refractivity contribution in [1.82, 2.24) is 15.5 Å². The summed E-state index contributed by atoms with van der Waals surface area (Å²) in [6, 6.07) is 7.51. The van der Waals surface area contributed by atoms with Crippen LogP contribution in [0.15, 0.2) is 33.9 Å². The van der Waals surface area contributed by atoms with Crippen molar-refractivity contribution in [2.24, 2.45) is 5.92 Å². The van der Waals surface area contributed by atoms with Gasteiger partial charge in [-0.15, -0.1) is 10.2 Å². The van der Waals surface area contributed by atoms with Crippen molar-refractivity contribution in [3.05, 3.63) is 24.3 Å². The third-order valence-electron chi connectivity index (χ3n) is 4.76. The molecule has 1 aliphatic carbocycles. The summed E-state index contributed by atoms with van der Waals surface area (Å²) in [7, 11) is 0. The van der Waals surface area contributed by atoms with Crippen LogP contribution >= 0.6 is 11.8 Å². The van der Waals surface area contributed by atoms with Gasteiger partial charge in [0.1, 0.15) is 5.75 Å². The van der Waals surface area contributed by atoms with Gasteiger partial charge in [0.2, 0.25) is 11.8 Å². The second-order valence-corrected chi connectivity index (χ2v) is 8.13. The van der Waals surface area contributed by atoms with Crippen LogP contribution in [0.25, 0.3) is 11.5 Å². The van der Waals surface area contributed by atoms with Crippen molar-refractivity contribution in [2.75, 3.05) is 13.2 Å². The minimum absolute atomic E-state index is 0.0198. The zero-order valence-corrected chi connectivity index (χ0v) is 16.8. The maximum atomic E-state index is 12.3. The number of carbonyl (C=O) groups excluding carboxylic acids is 1. The van der Waals surface area contributed by atoms with Gasteiger partial charge in [-0.1, -0.05) is 31.0 Å². The highest BCUT2D eigenvalue weighted by molar-refractivity contribution is 8.00. The molecule has 3 rings (SSSR count). The molecule has 0 unspecified atom stereocenters. The Kier molecular flexibility index (Phi) is 7.15. The van der Waals surface area contributed by atoms with E-state index in [-0.39, 0.29) is 11.2 Å². The van der Waals surface area contributed by atoms with E-state index >= 15 is 0 Å². The molecule has 1 amide bonds. The SMILES string of the molecule is CCOc1ccc(-c2nnc(S[C@@H](C)C(=O)NCC3CCCCC3)o2)cc1. The fourth-order valence-corrected chi connectivity index (χ4v) is 3.93. The second kappa shape index (κ2) is 9.78. The molecule has 27 heavy (non-hydrogen) atoms. The number of rotatable bonds is 8. The summed E-state index contributed by atoms with van der Waals surface area (Å²) < 4.78 is 11.1. The summed E-state index contributed by atoms with van der Waals surface area (Å²) in [6.07, 6.45) is 6.32. The first-order valence-electron chi connectivity index (χ1n) is 9.67. The largest absolute Gasteiger partial charge is 0.494 e. The normalized spacial score (nSPS) is 16.1. The molecule has 0 spiro atoms. The van der Waals surface area contributed by atoms with E-state index in [9.17, 15) is 4.79 Å². The minimum atomic E-state index is -0.276. The lowest BCUT2D eigenvalue weighted by Gasteiger charge is -2.22.